The van der Waals surface area contributed by atoms with Crippen molar-refractivity contribution in [2.45, 2.75) is 27.0 Å². The van der Waals surface area contributed by atoms with Crippen LogP contribution in [0.5, 0.6) is 5.88 Å². The number of ether oxygens (including phenoxy) is 1. The fourth-order valence-corrected chi connectivity index (χ4v) is 1.52. The summed E-state index contributed by atoms with van der Waals surface area (Å²) in [5.41, 5.74) is 2.10. The van der Waals surface area contributed by atoms with Gasteiger partial charge in [0.05, 0.1) is 6.26 Å². The average molecular weight is 235 g/mol. The van der Waals surface area contributed by atoms with Crippen molar-refractivity contribution in [2.75, 3.05) is 6.54 Å². The van der Waals surface area contributed by atoms with Crippen LogP contribution in [0.15, 0.2) is 22.8 Å². The van der Waals surface area contributed by atoms with Gasteiger partial charge < -0.3 is 14.5 Å². The monoisotopic (exact) mass is 235 g/mol. The lowest BCUT2D eigenvalue weighted by Gasteiger charge is -2.03. The molecule has 2 heterocycles. The maximum absolute atomic E-state index is 5.53. The number of nitrogens with zero attached hydrogens (tertiary/aromatic N) is 1. The van der Waals surface area contributed by atoms with E-state index in [0.29, 0.717) is 12.5 Å². The summed E-state index contributed by atoms with van der Waals surface area (Å²) < 4.78 is 10.9. The van der Waals surface area contributed by atoms with Gasteiger partial charge in [-0.15, -0.1) is 5.10 Å². The van der Waals surface area contributed by atoms with Crippen molar-refractivity contribution < 1.29 is 9.15 Å². The lowest BCUT2D eigenvalue weighted by molar-refractivity contribution is 0.258. The molecule has 92 valence electrons. The van der Waals surface area contributed by atoms with Crippen LogP contribution in [0.25, 0.3) is 0 Å². The summed E-state index contributed by atoms with van der Waals surface area (Å²) in [4.78, 5) is 0. The first-order valence-electron chi connectivity index (χ1n) is 5.70. The summed E-state index contributed by atoms with van der Waals surface area (Å²) in [6.07, 6.45) is 1.68. The van der Waals surface area contributed by atoms with Gasteiger partial charge in [-0.2, -0.15) is 0 Å². The molecular weight excluding hydrogens is 218 g/mol. The van der Waals surface area contributed by atoms with E-state index in [9.17, 15) is 0 Å². The first kappa shape index (κ1) is 11.7. The molecule has 17 heavy (non-hydrogen) atoms. The molecule has 0 amide bonds. The molecule has 5 nitrogen and oxygen atoms in total. The molecule has 5 heteroatoms. The summed E-state index contributed by atoms with van der Waals surface area (Å²) in [6, 6.07) is 3.81. The highest BCUT2D eigenvalue weighted by molar-refractivity contribution is 5.18. The van der Waals surface area contributed by atoms with E-state index in [1.54, 1.807) is 6.26 Å². The molecular formula is C12H17N3O2. The number of rotatable bonds is 6. The quantitative estimate of drug-likeness (QED) is 0.803. The molecule has 2 rings (SSSR count). The van der Waals surface area contributed by atoms with Crippen molar-refractivity contribution in [3.63, 3.8) is 0 Å². The number of aryl methyl sites for hydroxylation is 1. The Kier molecular flexibility index (Phi) is 3.82. The maximum Gasteiger partial charge on any atom is 0.233 e. The first-order valence-corrected chi connectivity index (χ1v) is 5.70. The van der Waals surface area contributed by atoms with Gasteiger partial charge >= 0.3 is 0 Å². The summed E-state index contributed by atoms with van der Waals surface area (Å²) in [5, 5.41) is 10.1. The number of furan rings is 1. The second-order valence-corrected chi connectivity index (χ2v) is 3.83. The van der Waals surface area contributed by atoms with Crippen molar-refractivity contribution >= 4 is 0 Å². The summed E-state index contributed by atoms with van der Waals surface area (Å²) in [6.45, 7) is 6.14. The molecule has 0 fully saturated rings. The van der Waals surface area contributed by atoms with Gasteiger partial charge in [-0.05, 0) is 19.5 Å². The maximum atomic E-state index is 5.53. The zero-order valence-corrected chi connectivity index (χ0v) is 10.1. The van der Waals surface area contributed by atoms with E-state index in [4.69, 9.17) is 9.15 Å². The first-order chi connectivity index (χ1) is 8.29. The Hall–Kier alpha value is -1.75. The topological polar surface area (TPSA) is 63.1 Å². The smallest absolute Gasteiger partial charge is 0.233 e. The summed E-state index contributed by atoms with van der Waals surface area (Å²) >= 11 is 0. The SMILES string of the molecule is CCNCc1ccoc1COc1cc(C)[nH]n1. The van der Waals surface area contributed by atoms with Gasteiger partial charge in [0.15, 0.2) is 0 Å². The zero-order valence-electron chi connectivity index (χ0n) is 10.1. The predicted octanol–water partition coefficient (Wildman–Crippen LogP) is 2.00. The van der Waals surface area contributed by atoms with Crippen LogP contribution in [0, 0.1) is 6.92 Å². The molecule has 0 saturated heterocycles. The van der Waals surface area contributed by atoms with Crippen LogP contribution in [0.3, 0.4) is 0 Å². The van der Waals surface area contributed by atoms with Crippen molar-refractivity contribution in [1.29, 1.82) is 0 Å². The van der Waals surface area contributed by atoms with Gasteiger partial charge in [-0.1, -0.05) is 6.92 Å². The third-order valence-electron chi connectivity index (χ3n) is 2.44. The standard InChI is InChI=1S/C12H17N3O2/c1-3-13-7-10-4-5-16-11(10)8-17-12-6-9(2)14-15-12/h4-6,13H,3,7-8H2,1-2H3,(H,14,15). The van der Waals surface area contributed by atoms with Crippen LogP contribution in [0.1, 0.15) is 23.9 Å². The Balaban J connectivity index is 1.92. The van der Waals surface area contributed by atoms with Crippen LogP contribution in [0.4, 0.5) is 0 Å². The Morgan fingerprint density at radius 3 is 3.12 bits per heavy atom. The van der Waals surface area contributed by atoms with Gasteiger partial charge in [0.1, 0.15) is 12.4 Å². The van der Waals surface area contributed by atoms with E-state index >= 15 is 0 Å². The highest BCUT2D eigenvalue weighted by Crippen LogP contribution is 2.14. The Morgan fingerprint density at radius 2 is 2.41 bits per heavy atom. The fourth-order valence-electron chi connectivity index (χ4n) is 1.52. The molecule has 2 N–H and O–H groups in total. The normalized spacial score (nSPS) is 10.7. The minimum absolute atomic E-state index is 0.401. The highest BCUT2D eigenvalue weighted by atomic mass is 16.5. The van der Waals surface area contributed by atoms with Gasteiger partial charge in [-0.25, -0.2) is 0 Å². The van der Waals surface area contributed by atoms with Gasteiger partial charge in [0, 0.05) is 23.9 Å². The van der Waals surface area contributed by atoms with Crippen molar-refractivity contribution in [3.05, 3.63) is 35.4 Å². The third-order valence-corrected chi connectivity index (χ3v) is 2.44. The lowest BCUT2D eigenvalue weighted by atomic mass is 10.2. The summed E-state index contributed by atoms with van der Waals surface area (Å²) in [7, 11) is 0. The van der Waals surface area contributed by atoms with E-state index in [1.165, 1.54) is 0 Å². The van der Waals surface area contributed by atoms with Crippen molar-refractivity contribution in [3.8, 4) is 5.88 Å². The number of H-pyrrole nitrogens is 1. The molecule has 0 atom stereocenters. The molecule has 0 spiro atoms. The molecule has 0 unspecified atom stereocenters. The third kappa shape index (κ3) is 3.10. The molecule has 0 aromatic carbocycles. The lowest BCUT2D eigenvalue weighted by Crippen LogP contribution is -2.12. The number of aromatic nitrogens is 2. The second-order valence-electron chi connectivity index (χ2n) is 3.83. The zero-order chi connectivity index (χ0) is 12.1. The van der Waals surface area contributed by atoms with E-state index in [0.717, 1.165) is 30.1 Å². The second kappa shape index (κ2) is 5.54. The van der Waals surface area contributed by atoms with Crippen LogP contribution >= 0.6 is 0 Å². The van der Waals surface area contributed by atoms with Gasteiger partial charge in [-0.3, -0.25) is 5.10 Å². The summed E-state index contributed by atoms with van der Waals surface area (Å²) in [5.74, 6) is 1.43. The molecule has 0 bridgehead atoms. The Morgan fingerprint density at radius 1 is 1.53 bits per heavy atom. The molecule has 2 aromatic rings. The molecule has 0 saturated carbocycles. The highest BCUT2D eigenvalue weighted by Gasteiger charge is 2.07. The van der Waals surface area contributed by atoms with Crippen LogP contribution in [-0.4, -0.2) is 16.7 Å². The van der Waals surface area contributed by atoms with E-state index in [1.807, 2.05) is 19.1 Å². The average Bonchev–Trinajstić information content (AvgIpc) is 2.92. The van der Waals surface area contributed by atoms with E-state index < -0.39 is 0 Å². The van der Waals surface area contributed by atoms with Crippen LogP contribution < -0.4 is 10.1 Å². The van der Waals surface area contributed by atoms with Crippen LogP contribution in [0.2, 0.25) is 0 Å². The van der Waals surface area contributed by atoms with Gasteiger partial charge in [0.2, 0.25) is 5.88 Å². The molecule has 0 aliphatic heterocycles. The van der Waals surface area contributed by atoms with E-state index in [-0.39, 0.29) is 0 Å². The molecule has 0 aliphatic rings. The minimum atomic E-state index is 0.401. The molecule has 2 aromatic heterocycles. The van der Waals surface area contributed by atoms with Crippen LogP contribution in [-0.2, 0) is 13.2 Å². The Bertz CT molecular complexity index is 462. The molecule has 0 aliphatic carbocycles. The van der Waals surface area contributed by atoms with Crippen molar-refractivity contribution in [2.24, 2.45) is 0 Å². The number of aromatic amines is 1. The fraction of sp³-hybridized carbons (Fsp3) is 0.417. The number of nitrogens with one attached hydrogen (secondary N) is 2. The largest absolute Gasteiger partial charge is 0.468 e. The minimum Gasteiger partial charge on any atom is -0.468 e. The predicted molar refractivity (Wildman–Crippen MR) is 63.7 cm³/mol. The van der Waals surface area contributed by atoms with Crippen molar-refractivity contribution in [1.82, 2.24) is 15.5 Å². The van der Waals surface area contributed by atoms with Gasteiger partial charge in [0.25, 0.3) is 0 Å². The van der Waals surface area contributed by atoms with E-state index in [2.05, 4.69) is 22.4 Å². The number of hydrogen-bond donors (Lipinski definition) is 2. The number of hydrogen-bond acceptors (Lipinski definition) is 4. The molecule has 0 radical (unpaired) electrons. The Labute approximate surface area is 100 Å².